The molecule has 4 aromatic carbocycles. The van der Waals surface area contributed by atoms with Crippen LogP contribution in [0.4, 0.5) is 11.4 Å². The molecule has 36 heteroatoms. The summed E-state index contributed by atoms with van der Waals surface area (Å²) in [5, 5.41) is 0. The van der Waals surface area contributed by atoms with Gasteiger partial charge in [-0.2, -0.15) is 94.1 Å². The number of para-hydroxylation sites is 2. The smallest absolute Gasteiger partial charge is 0.466 e. The third-order valence-electron chi connectivity index (χ3n) is 20.8. The molecule has 0 atom stereocenters. The van der Waals surface area contributed by atoms with Gasteiger partial charge in [-0.3, -0.25) is 19.2 Å². The summed E-state index contributed by atoms with van der Waals surface area (Å²) in [6.45, 7) is 14.4. The topological polar surface area (TPSA) is 204 Å². The molecule has 660 valence electrons. The van der Waals surface area contributed by atoms with Crippen LogP contribution in [0.5, 0.6) is 0 Å². The number of hydrogen-bond acceptors (Lipinski definition) is 26. The van der Waals surface area contributed by atoms with E-state index in [9.17, 15) is 19.2 Å². The van der Waals surface area contributed by atoms with E-state index in [-0.39, 0.29) is 50.7 Å². The van der Waals surface area contributed by atoms with Crippen LogP contribution in [0.2, 0.25) is 48.4 Å². The molecule has 6 fully saturated rings. The van der Waals surface area contributed by atoms with Gasteiger partial charge in [0, 0.05) is 83.4 Å². The number of benzene rings is 4. The summed E-state index contributed by atoms with van der Waals surface area (Å²) in [6.07, 6.45) is 13.6. The second-order valence-electron chi connectivity index (χ2n) is 30.7. The number of carbonyl (C=O) groups excluding carboxylic acids is 4. The zero-order chi connectivity index (χ0) is 84.3. The van der Waals surface area contributed by atoms with Crippen LogP contribution < -0.4 is 9.80 Å². The number of carbonyl (C=O) groups is 4. The van der Waals surface area contributed by atoms with E-state index in [0.29, 0.717) is 132 Å². The van der Waals surface area contributed by atoms with Crippen LogP contribution in [0, 0.1) is 23.7 Å². The first-order chi connectivity index (χ1) is 58.5. The molecule has 0 aromatic heterocycles. The molecule has 8 heterocycles. The monoisotopic (exact) mass is 1930 g/mol. The third kappa shape index (κ3) is 29.5. The third-order valence-corrected chi connectivity index (χ3v) is 69.0. The standard InChI is InChI=1S/C84H126N2O18S8Si8/c1-7-13-47-105-55-63-113-93-115(65-57-107-49-15-9-3)95-114(64-56-106-48-14-8-2)96-116(94-113,66-58-108-50-16-10-4)100-120(70-62-112-54-28-46-92-84(90)44-42-82(88)86-72-78-34-22-20-30-74(78)38-40-76-32-24-26-36-80(76)86)102-117(97-113,67-59-109-51-17-11-5)101-119(99-115,103-118(98-114,104-120)68-60-110-52-18-12-6)69-61-111-53-27-45-91-83(89)43-41-81(87)85-71-77-33-21-19-29-73(77)37-39-75-31-23-25-35-79(75)85/h19-26,29-36H,7-18,27-28,41-72H2,1-6H3. The van der Waals surface area contributed by atoms with Crippen LogP contribution in [0.25, 0.3) is 0 Å². The fourth-order valence-electron chi connectivity index (χ4n) is 14.4. The van der Waals surface area contributed by atoms with Gasteiger partial charge >= 0.3 is 82.4 Å². The lowest BCUT2D eigenvalue weighted by Gasteiger charge is -2.63. The molecule has 8 aliphatic heterocycles. The number of anilines is 2. The van der Waals surface area contributed by atoms with E-state index in [0.717, 1.165) is 156 Å². The summed E-state index contributed by atoms with van der Waals surface area (Å²) >= 11 is 14.7. The second-order valence-corrected chi connectivity index (χ2v) is 65.2. The van der Waals surface area contributed by atoms with Crippen LogP contribution in [0.1, 0.15) is 190 Å². The Hall–Kier alpha value is -2.06. The molecular weight excluding hydrogens is 1810 g/mol. The van der Waals surface area contributed by atoms with Crippen molar-refractivity contribution in [2.45, 2.75) is 219 Å². The summed E-state index contributed by atoms with van der Waals surface area (Å²) in [6, 6.07) is 34.1. The maximum absolute atomic E-state index is 14.2. The quantitative estimate of drug-likeness (QED) is 0.0174. The fraction of sp³-hybridized carbons (Fsp3) is 0.619. The van der Waals surface area contributed by atoms with Gasteiger partial charge in [-0.15, -0.1) is 0 Å². The lowest BCUT2D eigenvalue weighted by atomic mass is 10.0. The minimum atomic E-state index is -4.35. The van der Waals surface area contributed by atoms with E-state index in [1.54, 1.807) is 33.3 Å². The maximum atomic E-state index is 14.2. The van der Waals surface area contributed by atoms with Gasteiger partial charge < -0.3 is 68.7 Å². The van der Waals surface area contributed by atoms with Gasteiger partial charge in [0.15, 0.2) is 0 Å². The lowest BCUT2D eigenvalue weighted by molar-refractivity contribution is -0.145. The van der Waals surface area contributed by atoms with Gasteiger partial charge in [0.2, 0.25) is 11.8 Å². The molecule has 20 nitrogen and oxygen atoms in total. The molecule has 8 bridgehead atoms. The lowest BCUT2D eigenvalue weighted by Crippen LogP contribution is -2.88. The Morgan fingerprint density at radius 3 is 0.758 bits per heavy atom. The molecule has 0 spiro atoms. The highest BCUT2D eigenvalue weighted by atomic mass is 32.2. The van der Waals surface area contributed by atoms with Crippen LogP contribution in [0.15, 0.2) is 97.1 Å². The molecule has 2 amide bonds. The zero-order valence-electron chi connectivity index (χ0n) is 71.3. The van der Waals surface area contributed by atoms with Crippen molar-refractivity contribution in [2.75, 3.05) is 115 Å². The van der Waals surface area contributed by atoms with Gasteiger partial charge in [0.05, 0.1) is 50.5 Å². The molecule has 4 aromatic rings. The molecule has 0 saturated carbocycles. The van der Waals surface area contributed by atoms with Crippen molar-refractivity contribution in [3.8, 4) is 23.7 Å². The molecule has 120 heavy (non-hydrogen) atoms. The average molecular weight is 1930 g/mol. The minimum absolute atomic E-state index is 0.0135. The molecule has 0 aliphatic carbocycles. The second kappa shape index (κ2) is 50.8. The maximum Gasteiger partial charge on any atom is 0.479 e. The molecule has 0 unspecified atom stereocenters. The number of rotatable bonds is 56. The van der Waals surface area contributed by atoms with E-state index < -0.39 is 82.4 Å². The Bertz CT molecular complexity index is 3770. The van der Waals surface area contributed by atoms with Crippen LogP contribution in [-0.2, 0) is 91.1 Å². The normalized spacial score (nSPS) is 24.9. The Balaban J connectivity index is 0.898. The predicted molar refractivity (Wildman–Crippen MR) is 515 cm³/mol. The SMILES string of the molecule is CCCCSCC[Si]12O[Si]3(CCSCCCC)O[Si]4(CCSCCCC)O[Si](CCSCCCC)(O1)O[Si]1(CCSCCCOC(=O)CCC(=O)N5Cc6ccccc6C#Cc6ccccc65)O[Si](CCSCCCC)(O2)O[Si](CCSCCCOC(=O)CCC(=O)N2Cc5ccccc5C#Cc5ccccc52)(O3)O[Si](CCSCCCC)(O4)O1. The largest absolute Gasteiger partial charge is 0.479 e. The number of nitrogens with zero attached hydrogens (tertiary/aromatic N) is 2. The van der Waals surface area contributed by atoms with Crippen molar-refractivity contribution in [3.63, 3.8) is 0 Å². The first-order valence-electron chi connectivity index (χ1n) is 43.8. The summed E-state index contributed by atoms with van der Waals surface area (Å²) < 4.78 is 112. The van der Waals surface area contributed by atoms with Gasteiger partial charge in [-0.25, -0.2) is 0 Å². The summed E-state index contributed by atoms with van der Waals surface area (Å²) in [5.41, 5.74) is 6.59. The molecule has 0 radical (unpaired) electrons. The minimum Gasteiger partial charge on any atom is -0.466 e. The zero-order valence-corrected chi connectivity index (χ0v) is 85.8. The molecule has 12 rings (SSSR count). The van der Waals surface area contributed by atoms with Gasteiger partial charge in [0.25, 0.3) is 0 Å². The van der Waals surface area contributed by atoms with Crippen molar-refractivity contribution in [1.29, 1.82) is 0 Å². The van der Waals surface area contributed by atoms with Crippen molar-refractivity contribution < 1.29 is 78.0 Å². The van der Waals surface area contributed by atoms with Crippen molar-refractivity contribution in [1.82, 2.24) is 0 Å². The van der Waals surface area contributed by atoms with Crippen molar-refractivity contribution in [2.24, 2.45) is 0 Å². The summed E-state index contributed by atoms with van der Waals surface area (Å²) in [7, 11) is -34.3. The van der Waals surface area contributed by atoms with Crippen LogP contribution in [-0.4, -0.2) is 199 Å². The summed E-state index contributed by atoms with van der Waals surface area (Å²) in [4.78, 5) is 59.1. The van der Waals surface area contributed by atoms with E-state index >= 15 is 0 Å². The number of hydrogen-bond donors (Lipinski definition) is 0. The van der Waals surface area contributed by atoms with E-state index in [1.807, 2.05) is 168 Å². The highest BCUT2D eigenvalue weighted by molar-refractivity contribution is 8.00. The molecular formula is C84H126N2O18S8Si8. The van der Waals surface area contributed by atoms with Crippen LogP contribution >= 0.6 is 94.1 Å². The Kier molecular flexibility index (Phi) is 41.7. The first kappa shape index (κ1) is 98.5. The molecule has 8 aliphatic rings. The fourth-order valence-corrected chi connectivity index (χ4v) is 77.8. The average Bonchev–Trinajstić information content (AvgIpc) is 0.685. The van der Waals surface area contributed by atoms with Gasteiger partial charge in [-0.05, 0) is 191 Å². The number of thioether (sulfide) groups is 8. The van der Waals surface area contributed by atoms with Crippen molar-refractivity contribution in [3.05, 3.63) is 130 Å². The van der Waals surface area contributed by atoms with E-state index in [1.165, 1.54) is 0 Å². The van der Waals surface area contributed by atoms with Crippen LogP contribution in [0.3, 0.4) is 0 Å². The molecule has 0 N–H and O–H groups in total. The Morgan fingerprint density at radius 1 is 0.292 bits per heavy atom. The van der Waals surface area contributed by atoms with Crippen molar-refractivity contribution >= 4 is 200 Å². The highest BCUT2D eigenvalue weighted by Crippen LogP contribution is 2.55. The number of ether oxygens (including phenoxy) is 2. The number of fused-ring (bicyclic) bond motifs is 4. The number of unbranched alkanes of at least 4 members (excludes halogenated alkanes) is 6. The first-order valence-corrected chi connectivity index (χ1v) is 68.5. The van der Waals surface area contributed by atoms with E-state index in [4.69, 9.17) is 58.9 Å². The Labute approximate surface area is 758 Å². The number of esters is 2. The Morgan fingerprint density at radius 2 is 0.508 bits per heavy atom. The van der Waals surface area contributed by atoms with Gasteiger partial charge in [0.1, 0.15) is 0 Å². The molecule has 6 saturated heterocycles. The van der Waals surface area contributed by atoms with Gasteiger partial charge in [-0.1, -0.05) is 164 Å². The predicted octanol–water partition coefficient (Wildman–Crippen LogP) is 19.8. The van der Waals surface area contributed by atoms with E-state index in [2.05, 4.69) is 65.2 Å². The summed E-state index contributed by atoms with van der Waals surface area (Å²) in [5.74, 6) is 23.9. The number of amides is 2. The highest BCUT2D eigenvalue weighted by Gasteiger charge is 2.83.